The molecule has 0 aromatic carbocycles. The average Bonchev–Trinajstić information content (AvgIpc) is 2.55. The molecule has 0 aromatic rings. The van der Waals surface area contributed by atoms with Crippen molar-refractivity contribution >= 4 is 11.8 Å². The van der Waals surface area contributed by atoms with Crippen LogP contribution in [0, 0.1) is 0 Å². The van der Waals surface area contributed by atoms with Gasteiger partial charge in [0.1, 0.15) is 0 Å². The van der Waals surface area contributed by atoms with Gasteiger partial charge < -0.3 is 0 Å². The van der Waals surface area contributed by atoms with Crippen LogP contribution in [-0.2, 0) is 9.59 Å². The zero-order valence-electron chi connectivity index (χ0n) is 8.74. The predicted octanol–water partition coefficient (Wildman–Crippen LogP) is 1.80. The minimum Gasteiger partial charge on any atom is -0.272 e. The molecular formula is C12H15NO2. The molecule has 3 heteroatoms. The maximum Gasteiger partial charge on any atom is 0.261 e. The second-order valence-corrected chi connectivity index (χ2v) is 4.11. The van der Waals surface area contributed by atoms with Gasteiger partial charge in [0.25, 0.3) is 11.8 Å². The largest absolute Gasteiger partial charge is 0.272 e. The highest BCUT2D eigenvalue weighted by molar-refractivity contribution is 6.17. The molecule has 1 heterocycles. The van der Waals surface area contributed by atoms with E-state index in [1.165, 1.54) is 23.5 Å². The first kappa shape index (κ1) is 10.1. The van der Waals surface area contributed by atoms with Crippen molar-refractivity contribution in [3.63, 3.8) is 0 Å². The Bertz CT molecular complexity index is 338. The Morgan fingerprint density at radius 3 is 2.47 bits per heavy atom. The maximum atomic E-state index is 11.8. The summed E-state index contributed by atoms with van der Waals surface area (Å²) < 4.78 is 0. The highest BCUT2D eigenvalue weighted by Crippen LogP contribution is 2.27. The lowest BCUT2D eigenvalue weighted by Crippen LogP contribution is -2.41. The Morgan fingerprint density at radius 1 is 1.27 bits per heavy atom. The van der Waals surface area contributed by atoms with Gasteiger partial charge in [-0.25, -0.2) is 0 Å². The summed E-state index contributed by atoms with van der Waals surface area (Å²) in [4.78, 5) is 24.9. The highest BCUT2D eigenvalue weighted by atomic mass is 16.2. The molecule has 80 valence electrons. The van der Waals surface area contributed by atoms with Gasteiger partial charge in [-0.1, -0.05) is 31.9 Å². The van der Waals surface area contributed by atoms with Gasteiger partial charge >= 0.3 is 0 Å². The Kier molecular flexibility index (Phi) is 2.71. The fourth-order valence-corrected chi connectivity index (χ4v) is 2.33. The van der Waals surface area contributed by atoms with Gasteiger partial charge in [-0.2, -0.15) is 0 Å². The first-order valence-corrected chi connectivity index (χ1v) is 5.45. The summed E-state index contributed by atoms with van der Waals surface area (Å²) in [6.45, 7) is 3.54. The molecule has 1 aliphatic carbocycles. The molecule has 0 aromatic heterocycles. The minimum atomic E-state index is -0.165. The lowest BCUT2D eigenvalue weighted by atomic mass is 9.94. The predicted molar refractivity (Wildman–Crippen MR) is 57.0 cm³/mol. The van der Waals surface area contributed by atoms with Crippen LogP contribution in [0.25, 0.3) is 0 Å². The average molecular weight is 205 g/mol. The Balaban J connectivity index is 2.14. The van der Waals surface area contributed by atoms with Crippen LogP contribution in [0.3, 0.4) is 0 Å². The van der Waals surface area contributed by atoms with E-state index in [4.69, 9.17) is 0 Å². The number of hydrogen-bond donors (Lipinski definition) is 0. The number of amides is 2. The third-order valence-electron chi connectivity index (χ3n) is 3.14. The molecule has 0 radical (unpaired) electrons. The standard InChI is InChI=1S/C12H15NO2/c1-2-9-8-11(14)13(12(9)15)10-6-4-3-5-7-10/h2,8,10H,1,3-7H2. The molecule has 15 heavy (non-hydrogen) atoms. The van der Waals surface area contributed by atoms with Crippen LogP contribution in [0.4, 0.5) is 0 Å². The Hall–Kier alpha value is -1.38. The van der Waals surface area contributed by atoms with Gasteiger partial charge in [-0.15, -0.1) is 0 Å². The lowest BCUT2D eigenvalue weighted by Gasteiger charge is -2.29. The van der Waals surface area contributed by atoms with Crippen LogP contribution >= 0.6 is 0 Å². The zero-order chi connectivity index (χ0) is 10.8. The summed E-state index contributed by atoms with van der Waals surface area (Å²) in [7, 11) is 0. The van der Waals surface area contributed by atoms with E-state index < -0.39 is 0 Å². The van der Waals surface area contributed by atoms with Crippen molar-refractivity contribution < 1.29 is 9.59 Å². The summed E-state index contributed by atoms with van der Waals surface area (Å²) in [5.74, 6) is -0.330. The van der Waals surface area contributed by atoms with Crippen LogP contribution in [0.2, 0.25) is 0 Å². The van der Waals surface area contributed by atoms with Gasteiger partial charge in [0.15, 0.2) is 0 Å². The van der Waals surface area contributed by atoms with Crippen LogP contribution in [0.15, 0.2) is 24.3 Å². The molecule has 0 atom stereocenters. The van der Waals surface area contributed by atoms with Crippen molar-refractivity contribution in [2.24, 2.45) is 0 Å². The summed E-state index contributed by atoms with van der Waals surface area (Å²) in [5, 5.41) is 0. The quantitative estimate of drug-likeness (QED) is 0.645. The lowest BCUT2D eigenvalue weighted by molar-refractivity contribution is -0.140. The fourth-order valence-electron chi connectivity index (χ4n) is 2.33. The van der Waals surface area contributed by atoms with E-state index in [9.17, 15) is 9.59 Å². The monoisotopic (exact) mass is 205 g/mol. The second kappa shape index (κ2) is 4.01. The number of imide groups is 1. The van der Waals surface area contributed by atoms with Gasteiger partial charge in [-0.3, -0.25) is 14.5 Å². The van der Waals surface area contributed by atoms with Gasteiger partial charge in [-0.05, 0) is 12.8 Å². The molecule has 0 saturated heterocycles. The normalized spacial score (nSPS) is 23.2. The van der Waals surface area contributed by atoms with Gasteiger partial charge in [0, 0.05) is 17.7 Å². The first-order chi connectivity index (χ1) is 7.24. The minimum absolute atomic E-state index is 0.118. The molecule has 0 spiro atoms. The molecule has 0 bridgehead atoms. The van der Waals surface area contributed by atoms with Crippen molar-refractivity contribution in [2.75, 3.05) is 0 Å². The first-order valence-electron chi connectivity index (χ1n) is 5.45. The number of carbonyl (C=O) groups excluding carboxylic acids is 2. The number of hydrogen-bond acceptors (Lipinski definition) is 2. The molecule has 0 N–H and O–H groups in total. The van der Waals surface area contributed by atoms with E-state index in [1.807, 2.05) is 0 Å². The van der Waals surface area contributed by atoms with E-state index in [-0.39, 0.29) is 17.9 Å². The van der Waals surface area contributed by atoms with Crippen LogP contribution in [0.5, 0.6) is 0 Å². The summed E-state index contributed by atoms with van der Waals surface area (Å²) in [6, 6.07) is 0.118. The Morgan fingerprint density at radius 2 is 1.93 bits per heavy atom. The van der Waals surface area contributed by atoms with Gasteiger partial charge in [0.2, 0.25) is 0 Å². The molecule has 1 saturated carbocycles. The topological polar surface area (TPSA) is 37.4 Å². The SMILES string of the molecule is C=CC1=CC(=O)N(C2CCCCC2)C1=O. The summed E-state index contributed by atoms with van der Waals surface area (Å²) >= 11 is 0. The zero-order valence-corrected chi connectivity index (χ0v) is 8.74. The third kappa shape index (κ3) is 1.74. The Labute approximate surface area is 89.4 Å². The summed E-state index contributed by atoms with van der Waals surface area (Å²) in [5.41, 5.74) is 0.436. The summed E-state index contributed by atoms with van der Waals surface area (Å²) in [6.07, 6.45) is 8.21. The fraction of sp³-hybridized carbons (Fsp3) is 0.500. The highest BCUT2D eigenvalue weighted by Gasteiger charge is 2.35. The third-order valence-corrected chi connectivity index (χ3v) is 3.14. The van der Waals surface area contributed by atoms with Crippen molar-refractivity contribution in [3.8, 4) is 0 Å². The van der Waals surface area contributed by atoms with E-state index in [2.05, 4.69) is 6.58 Å². The van der Waals surface area contributed by atoms with E-state index in [1.54, 1.807) is 0 Å². The van der Waals surface area contributed by atoms with Crippen LogP contribution < -0.4 is 0 Å². The number of carbonyl (C=O) groups is 2. The molecular weight excluding hydrogens is 190 g/mol. The van der Waals surface area contributed by atoms with Crippen molar-refractivity contribution in [1.29, 1.82) is 0 Å². The molecule has 1 aliphatic heterocycles. The van der Waals surface area contributed by atoms with E-state index in [0.717, 1.165) is 25.7 Å². The van der Waals surface area contributed by atoms with Crippen molar-refractivity contribution in [3.05, 3.63) is 24.3 Å². The van der Waals surface area contributed by atoms with E-state index in [0.29, 0.717) is 5.57 Å². The number of nitrogens with zero attached hydrogens (tertiary/aromatic N) is 1. The molecule has 1 fully saturated rings. The van der Waals surface area contributed by atoms with Crippen LogP contribution in [0.1, 0.15) is 32.1 Å². The maximum absolute atomic E-state index is 11.8. The molecule has 2 rings (SSSR count). The number of rotatable bonds is 2. The van der Waals surface area contributed by atoms with Crippen molar-refractivity contribution in [1.82, 2.24) is 4.90 Å². The van der Waals surface area contributed by atoms with E-state index >= 15 is 0 Å². The molecule has 2 amide bonds. The molecule has 3 nitrogen and oxygen atoms in total. The smallest absolute Gasteiger partial charge is 0.261 e. The molecule has 2 aliphatic rings. The van der Waals surface area contributed by atoms with Gasteiger partial charge in [0.05, 0.1) is 0 Å². The van der Waals surface area contributed by atoms with Crippen molar-refractivity contribution in [2.45, 2.75) is 38.1 Å². The van der Waals surface area contributed by atoms with Crippen LogP contribution in [-0.4, -0.2) is 22.8 Å². The second-order valence-electron chi connectivity index (χ2n) is 4.11. The molecule has 0 unspecified atom stereocenters.